The van der Waals surface area contributed by atoms with Gasteiger partial charge in [0.2, 0.25) is 0 Å². The number of nitrogens with zero attached hydrogens (tertiary/aromatic N) is 1. The molecule has 2 aromatic rings. The van der Waals surface area contributed by atoms with Crippen LogP contribution in [0.2, 0.25) is 0 Å². The summed E-state index contributed by atoms with van der Waals surface area (Å²) in [6.07, 6.45) is 0. The van der Waals surface area contributed by atoms with Crippen molar-refractivity contribution < 1.29 is 14.8 Å². The molecule has 0 bridgehead atoms. The van der Waals surface area contributed by atoms with Gasteiger partial charge in [-0.2, -0.15) is 0 Å². The molecule has 0 atom stereocenters. The van der Waals surface area contributed by atoms with Crippen LogP contribution in [0.1, 0.15) is 5.56 Å². The van der Waals surface area contributed by atoms with E-state index in [1.54, 1.807) is 12.1 Å². The predicted molar refractivity (Wildman–Crippen MR) is 80.1 cm³/mol. The topological polar surface area (TPSA) is 84.6 Å². The molecule has 0 radical (unpaired) electrons. The average molecular weight is 288 g/mol. The zero-order valence-corrected chi connectivity index (χ0v) is 11.6. The van der Waals surface area contributed by atoms with Gasteiger partial charge in [0, 0.05) is 23.5 Å². The lowest BCUT2D eigenvalue weighted by Crippen LogP contribution is -2.03. The second kappa shape index (κ2) is 6.71. The van der Waals surface area contributed by atoms with Crippen molar-refractivity contribution in [2.45, 2.75) is 6.92 Å². The number of benzene rings is 2. The summed E-state index contributed by atoms with van der Waals surface area (Å²) in [5.74, 6) is 0.721. The molecular formula is C15H16N2O4. The number of anilines is 2. The summed E-state index contributed by atoms with van der Waals surface area (Å²) in [5, 5.41) is 22.5. The Hall–Kier alpha value is -2.60. The Bertz CT molecular complexity index is 626. The number of aliphatic hydroxyl groups excluding tert-OH is 1. The van der Waals surface area contributed by atoms with Gasteiger partial charge in [-0.1, -0.05) is 0 Å². The average Bonchev–Trinajstić information content (AvgIpc) is 2.47. The highest BCUT2D eigenvalue weighted by molar-refractivity contribution is 5.62. The van der Waals surface area contributed by atoms with E-state index < -0.39 is 4.92 Å². The van der Waals surface area contributed by atoms with E-state index in [0.717, 1.165) is 22.7 Å². The Morgan fingerprint density at radius 3 is 2.43 bits per heavy atom. The van der Waals surface area contributed by atoms with Gasteiger partial charge in [0.05, 0.1) is 11.5 Å². The van der Waals surface area contributed by atoms with Gasteiger partial charge < -0.3 is 15.2 Å². The fraction of sp³-hybridized carbons (Fsp3) is 0.200. The van der Waals surface area contributed by atoms with Crippen LogP contribution in [0.5, 0.6) is 5.75 Å². The summed E-state index contributed by atoms with van der Waals surface area (Å²) in [6.45, 7) is 2.14. The Kier molecular flexibility index (Phi) is 4.73. The number of non-ortho nitro benzene ring substituents is 1. The molecule has 0 unspecified atom stereocenters. The number of nitro groups is 1. The van der Waals surface area contributed by atoms with Crippen molar-refractivity contribution >= 4 is 17.1 Å². The van der Waals surface area contributed by atoms with E-state index in [-0.39, 0.29) is 18.9 Å². The highest BCUT2D eigenvalue weighted by Gasteiger charge is 2.05. The molecule has 0 aliphatic rings. The SMILES string of the molecule is Cc1cc(Nc2ccc([N+](=O)[O-])cc2)ccc1OCCO. The molecule has 110 valence electrons. The minimum Gasteiger partial charge on any atom is -0.491 e. The van der Waals surface area contributed by atoms with Crippen LogP contribution in [-0.2, 0) is 0 Å². The number of hydrogen-bond donors (Lipinski definition) is 2. The number of rotatable bonds is 6. The van der Waals surface area contributed by atoms with Crippen LogP contribution in [-0.4, -0.2) is 23.2 Å². The largest absolute Gasteiger partial charge is 0.491 e. The second-order valence-electron chi connectivity index (χ2n) is 4.48. The van der Waals surface area contributed by atoms with Gasteiger partial charge in [0.25, 0.3) is 5.69 Å². The van der Waals surface area contributed by atoms with Gasteiger partial charge in [-0.05, 0) is 42.8 Å². The lowest BCUT2D eigenvalue weighted by Gasteiger charge is -2.11. The minimum absolute atomic E-state index is 0.0256. The van der Waals surface area contributed by atoms with Gasteiger partial charge in [-0.15, -0.1) is 0 Å². The van der Waals surface area contributed by atoms with Crippen LogP contribution in [0, 0.1) is 17.0 Å². The van der Waals surface area contributed by atoms with Crippen LogP contribution < -0.4 is 10.1 Å². The van der Waals surface area contributed by atoms with E-state index >= 15 is 0 Å². The molecular weight excluding hydrogens is 272 g/mol. The lowest BCUT2D eigenvalue weighted by molar-refractivity contribution is -0.384. The molecule has 0 saturated heterocycles. The summed E-state index contributed by atoms with van der Waals surface area (Å²) >= 11 is 0. The fourth-order valence-electron chi connectivity index (χ4n) is 1.88. The summed E-state index contributed by atoms with van der Waals surface area (Å²) in [5.41, 5.74) is 2.63. The molecule has 2 N–H and O–H groups in total. The maximum absolute atomic E-state index is 10.6. The first-order valence-electron chi connectivity index (χ1n) is 6.46. The summed E-state index contributed by atoms with van der Waals surface area (Å²) in [7, 11) is 0. The van der Waals surface area contributed by atoms with Gasteiger partial charge >= 0.3 is 0 Å². The first-order valence-corrected chi connectivity index (χ1v) is 6.46. The fourth-order valence-corrected chi connectivity index (χ4v) is 1.88. The van der Waals surface area contributed by atoms with Crippen LogP contribution in [0.15, 0.2) is 42.5 Å². The van der Waals surface area contributed by atoms with Crippen molar-refractivity contribution in [2.75, 3.05) is 18.5 Å². The second-order valence-corrected chi connectivity index (χ2v) is 4.48. The molecule has 6 heteroatoms. The molecule has 0 aliphatic heterocycles. The minimum atomic E-state index is -0.429. The van der Waals surface area contributed by atoms with Crippen molar-refractivity contribution in [1.82, 2.24) is 0 Å². The number of nitro benzene ring substituents is 1. The zero-order valence-electron chi connectivity index (χ0n) is 11.6. The third-order valence-corrected chi connectivity index (χ3v) is 2.89. The number of aliphatic hydroxyl groups is 1. The van der Waals surface area contributed by atoms with E-state index in [2.05, 4.69) is 5.32 Å². The molecule has 0 amide bonds. The molecule has 21 heavy (non-hydrogen) atoms. The summed E-state index contributed by atoms with van der Waals surface area (Å²) < 4.78 is 5.38. The molecule has 0 spiro atoms. The van der Waals surface area contributed by atoms with Crippen molar-refractivity contribution in [3.63, 3.8) is 0 Å². The molecule has 0 aliphatic carbocycles. The number of aryl methyl sites for hydroxylation is 1. The Morgan fingerprint density at radius 2 is 1.86 bits per heavy atom. The number of hydrogen-bond acceptors (Lipinski definition) is 5. The number of nitrogens with one attached hydrogen (secondary N) is 1. The third-order valence-electron chi connectivity index (χ3n) is 2.89. The summed E-state index contributed by atoms with van der Waals surface area (Å²) in [4.78, 5) is 10.2. The van der Waals surface area contributed by atoms with Gasteiger partial charge in [-0.3, -0.25) is 10.1 Å². The molecule has 0 saturated carbocycles. The summed E-state index contributed by atoms with van der Waals surface area (Å²) in [6, 6.07) is 11.8. The molecule has 2 aromatic carbocycles. The van der Waals surface area contributed by atoms with Crippen LogP contribution in [0.3, 0.4) is 0 Å². The smallest absolute Gasteiger partial charge is 0.269 e. The van der Waals surface area contributed by atoms with Crippen molar-refractivity contribution in [3.05, 3.63) is 58.1 Å². The van der Waals surface area contributed by atoms with E-state index in [1.165, 1.54) is 12.1 Å². The Balaban J connectivity index is 2.09. The standard InChI is InChI=1S/C15H16N2O4/c1-11-10-13(4-7-15(11)21-9-8-18)16-12-2-5-14(6-3-12)17(19)20/h2-7,10,16,18H,8-9H2,1H3. The maximum Gasteiger partial charge on any atom is 0.269 e. The van der Waals surface area contributed by atoms with E-state index in [1.807, 2.05) is 25.1 Å². The van der Waals surface area contributed by atoms with Crippen LogP contribution in [0.25, 0.3) is 0 Å². The van der Waals surface area contributed by atoms with E-state index in [4.69, 9.17) is 9.84 Å². The lowest BCUT2D eigenvalue weighted by atomic mass is 10.2. The Morgan fingerprint density at radius 1 is 1.19 bits per heavy atom. The number of ether oxygens (including phenoxy) is 1. The first-order chi connectivity index (χ1) is 10.1. The van der Waals surface area contributed by atoms with Crippen molar-refractivity contribution in [1.29, 1.82) is 0 Å². The van der Waals surface area contributed by atoms with Gasteiger partial charge in [-0.25, -0.2) is 0 Å². The quantitative estimate of drug-likeness (QED) is 0.630. The molecule has 2 rings (SSSR count). The highest BCUT2D eigenvalue weighted by atomic mass is 16.6. The predicted octanol–water partition coefficient (Wildman–Crippen LogP) is 3.02. The third kappa shape index (κ3) is 3.93. The van der Waals surface area contributed by atoms with Gasteiger partial charge in [0.15, 0.2) is 0 Å². The molecule has 6 nitrogen and oxygen atoms in total. The van der Waals surface area contributed by atoms with E-state index in [0.29, 0.717) is 0 Å². The Labute approximate surface area is 122 Å². The van der Waals surface area contributed by atoms with Crippen molar-refractivity contribution in [3.8, 4) is 5.75 Å². The molecule has 0 heterocycles. The van der Waals surface area contributed by atoms with Crippen LogP contribution in [0.4, 0.5) is 17.1 Å². The highest BCUT2D eigenvalue weighted by Crippen LogP contribution is 2.25. The normalized spacial score (nSPS) is 10.2. The van der Waals surface area contributed by atoms with Crippen LogP contribution >= 0.6 is 0 Å². The van der Waals surface area contributed by atoms with E-state index in [9.17, 15) is 10.1 Å². The molecule has 0 fully saturated rings. The van der Waals surface area contributed by atoms with Gasteiger partial charge in [0.1, 0.15) is 12.4 Å². The van der Waals surface area contributed by atoms with Crippen molar-refractivity contribution in [2.24, 2.45) is 0 Å². The molecule has 0 aromatic heterocycles. The zero-order chi connectivity index (χ0) is 15.2. The monoisotopic (exact) mass is 288 g/mol. The maximum atomic E-state index is 10.6. The first kappa shape index (κ1) is 14.8.